The Morgan fingerprint density at radius 3 is 2.34 bits per heavy atom. The van der Waals surface area contributed by atoms with Crippen molar-refractivity contribution in [2.24, 2.45) is 5.84 Å². The number of ether oxygens (including phenoxy) is 1. The van der Waals surface area contributed by atoms with Crippen molar-refractivity contribution in [3.8, 4) is 5.75 Å². The molecule has 0 saturated heterocycles. The number of aromatic amines is 1. The molecule has 11 heteroatoms. The van der Waals surface area contributed by atoms with Gasteiger partial charge in [0.05, 0.1) is 12.6 Å². The summed E-state index contributed by atoms with van der Waals surface area (Å²) in [6.07, 6.45) is 3.84. The molecule has 1 aliphatic rings. The number of halogens is 2. The number of hydrogen-bond donors (Lipinski definition) is 4. The van der Waals surface area contributed by atoms with Crippen molar-refractivity contribution in [2.45, 2.75) is 59.5 Å². The first-order chi connectivity index (χ1) is 24.4. The van der Waals surface area contributed by atoms with E-state index >= 15 is 0 Å². The molecule has 0 radical (unpaired) electrons. The number of nitrogens with zero attached hydrogens (tertiary/aromatic N) is 2. The number of carbonyl (C=O) groups is 2. The normalized spacial score (nSPS) is 13.6. The second-order valence-electron chi connectivity index (χ2n) is 11.0. The summed E-state index contributed by atoms with van der Waals surface area (Å²) in [6, 6.07) is 26.1. The highest BCUT2D eigenvalue weighted by Crippen LogP contribution is 2.38. The summed E-state index contributed by atoms with van der Waals surface area (Å²) in [6.45, 7) is 11.4. The molecule has 0 saturated carbocycles. The third kappa shape index (κ3) is 11.1. The summed E-state index contributed by atoms with van der Waals surface area (Å²) in [5.41, 5.74) is 8.52. The van der Waals surface area contributed by atoms with Gasteiger partial charge in [0, 0.05) is 52.0 Å². The van der Waals surface area contributed by atoms with Crippen LogP contribution in [-0.4, -0.2) is 52.9 Å². The predicted octanol–water partition coefficient (Wildman–Crippen LogP) is 8.05. The van der Waals surface area contributed by atoms with Crippen LogP contribution in [0.3, 0.4) is 0 Å². The molecule has 2 unspecified atom stereocenters. The van der Waals surface area contributed by atoms with Gasteiger partial charge in [-0.1, -0.05) is 86.8 Å². The monoisotopic (exact) mass is 718 g/mol. The number of aromatic nitrogens is 2. The molecule has 0 spiro atoms. The average molecular weight is 720 g/mol. The standard InChI is InChI=1S/C28H29ClN6O3.C7H7Cl.2C2H6/c29-19-6-9-24-23(15-19)22-10-13-35(17-36)27(26(22)33-24)18-4-7-21(8-5-18)38-14-11-20(34-30)16-32-28(37)25-3-1-2-12-31-25;1-6-2-4-7(8)5-3-6;2*1-2/h1-9,12,15,17,20,27,33-34H,10-11,13-14,16,30H2,(H,32,37);2-5H,1H3;2*1-2H3. The quantitative estimate of drug-likeness (QED) is 0.0658. The van der Waals surface area contributed by atoms with Crippen molar-refractivity contribution in [3.05, 3.63) is 129 Å². The van der Waals surface area contributed by atoms with Gasteiger partial charge in [0.1, 0.15) is 11.4 Å². The van der Waals surface area contributed by atoms with Crippen LogP contribution >= 0.6 is 23.2 Å². The number of nitrogens with one attached hydrogen (secondary N) is 3. The molecule has 3 aromatic carbocycles. The van der Waals surface area contributed by atoms with Gasteiger partial charge in [-0.15, -0.1) is 0 Å². The Morgan fingerprint density at radius 1 is 1.02 bits per heavy atom. The summed E-state index contributed by atoms with van der Waals surface area (Å²) in [5, 5.41) is 5.42. The maximum absolute atomic E-state index is 12.2. The molecule has 6 rings (SSSR count). The zero-order valence-electron chi connectivity index (χ0n) is 29.4. The van der Waals surface area contributed by atoms with E-state index in [2.05, 4.69) is 20.7 Å². The lowest BCUT2D eigenvalue weighted by molar-refractivity contribution is -0.120. The number of pyridine rings is 1. The zero-order chi connectivity index (χ0) is 36.5. The highest BCUT2D eigenvalue weighted by Gasteiger charge is 2.31. The summed E-state index contributed by atoms with van der Waals surface area (Å²) in [4.78, 5) is 33.5. The third-order valence-corrected chi connectivity index (χ3v) is 8.33. The topological polar surface area (TPSA) is 125 Å². The number of carbonyl (C=O) groups excluding carboxylic acids is 2. The molecular weight excluding hydrogens is 671 g/mol. The van der Waals surface area contributed by atoms with Crippen LogP contribution < -0.4 is 21.3 Å². The highest BCUT2D eigenvalue weighted by atomic mass is 35.5. The van der Waals surface area contributed by atoms with Crippen LogP contribution in [0.4, 0.5) is 0 Å². The van der Waals surface area contributed by atoms with Crippen LogP contribution in [0, 0.1) is 6.92 Å². The van der Waals surface area contributed by atoms with Gasteiger partial charge in [-0.25, -0.2) is 0 Å². The van der Waals surface area contributed by atoms with Gasteiger partial charge in [-0.05, 0) is 85.5 Å². The van der Waals surface area contributed by atoms with E-state index in [0.29, 0.717) is 42.6 Å². The molecule has 0 aliphatic carbocycles. The molecule has 2 amide bonds. The van der Waals surface area contributed by atoms with Crippen molar-refractivity contribution in [2.75, 3.05) is 19.7 Å². The molecule has 266 valence electrons. The summed E-state index contributed by atoms with van der Waals surface area (Å²) in [5.74, 6) is 6.12. The van der Waals surface area contributed by atoms with E-state index in [1.54, 1.807) is 24.4 Å². The number of aryl methyl sites for hydroxylation is 1. The number of amides is 2. The van der Waals surface area contributed by atoms with Crippen LogP contribution in [0.25, 0.3) is 10.9 Å². The number of benzene rings is 3. The summed E-state index contributed by atoms with van der Waals surface area (Å²) in [7, 11) is 0. The maximum atomic E-state index is 12.2. The fourth-order valence-corrected chi connectivity index (χ4v) is 5.70. The predicted molar refractivity (Wildman–Crippen MR) is 205 cm³/mol. The fraction of sp³-hybridized carbons (Fsp3) is 0.308. The molecule has 50 heavy (non-hydrogen) atoms. The number of hydrogen-bond acceptors (Lipinski definition) is 6. The second-order valence-corrected chi connectivity index (χ2v) is 11.9. The SMILES string of the molecule is CC.CC.Cc1ccc(Cl)cc1.NNC(CCOc1ccc(C2c3[nH]c4ccc(Cl)cc4c3CCN2C=O)cc1)CNC(=O)c1ccccn1. The van der Waals surface area contributed by atoms with Crippen LogP contribution in [0.5, 0.6) is 5.75 Å². The molecule has 2 atom stereocenters. The molecule has 9 nitrogen and oxygen atoms in total. The van der Waals surface area contributed by atoms with Gasteiger partial charge in [0.25, 0.3) is 5.91 Å². The van der Waals surface area contributed by atoms with Crippen molar-refractivity contribution in [3.63, 3.8) is 0 Å². The Morgan fingerprint density at radius 2 is 1.72 bits per heavy atom. The number of hydrazine groups is 1. The molecule has 1 aliphatic heterocycles. The first kappa shape index (κ1) is 40.0. The Labute approximate surface area is 305 Å². The lowest BCUT2D eigenvalue weighted by atomic mass is 9.93. The van der Waals surface area contributed by atoms with Gasteiger partial charge in [0.2, 0.25) is 6.41 Å². The Kier molecular flexibility index (Phi) is 16.8. The lowest BCUT2D eigenvalue weighted by Gasteiger charge is -2.33. The minimum absolute atomic E-state index is 0.167. The lowest BCUT2D eigenvalue weighted by Crippen LogP contribution is -2.45. The fourth-order valence-electron chi connectivity index (χ4n) is 5.40. The number of nitrogens with two attached hydrogens (primary N) is 1. The van der Waals surface area contributed by atoms with Crippen molar-refractivity contribution in [1.29, 1.82) is 0 Å². The molecule has 0 fully saturated rings. The Bertz CT molecular complexity index is 1730. The number of fused-ring (bicyclic) bond motifs is 3. The molecular formula is C39H48Cl2N6O3. The van der Waals surface area contributed by atoms with Crippen LogP contribution in [0.2, 0.25) is 10.0 Å². The molecule has 5 aromatic rings. The average Bonchev–Trinajstić information content (AvgIpc) is 3.54. The van der Waals surface area contributed by atoms with E-state index in [-0.39, 0.29) is 18.0 Å². The van der Waals surface area contributed by atoms with Crippen molar-refractivity contribution >= 4 is 46.4 Å². The van der Waals surface area contributed by atoms with E-state index in [1.807, 2.05) is 106 Å². The van der Waals surface area contributed by atoms with Gasteiger partial charge in [0.15, 0.2) is 0 Å². The van der Waals surface area contributed by atoms with Gasteiger partial charge >= 0.3 is 0 Å². The number of rotatable bonds is 10. The maximum Gasteiger partial charge on any atom is 0.269 e. The third-order valence-electron chi connectivity index (χ3n) is 7.85. The highest BCUT2D eigenvalue weighted by molar-refractivity contribution is 6.31. The van der Waals surface area contributed by atoms with Crippen LogP contribution in [0.15, 0.2) is 91.1 Å². The molecule has 0 bridgehead atoms. The molecule has 2 aromatic heterocycles. The van der Waals surface area contributed by atoms with E-state index in [4.69, 9.17) is 33.8 Å². The van der Waals surface area contributed by atoms with Crippen molar-refractivity contribution < 1.29 is 14.3 Å². The first-order valence-corrected chi connectivity index (χ1v) is 17.7. The van der Waals surface area contributed by atoms with Gasteiger partial charge in [-0.2, -0.15) is 0 Å². The van der Waals surface area contributed by atoms with Crippen LogP contribution in [-0.2, 0) is 11.2 Å². The smallest absolute Gasteiger partial charge is 0.269 e. The minimum Gasteiger partial charge on any atom is -0.494 e. The van der Waals surface area contributed by atoms with E-state index < -0.39 is 0 Å². The largest absolute Gasteiger partial charge is 0.494 e. The van der Waals surface area contributed by atoms with Gasteiger partial charge in [-0.3, -0.25) is 25.8 Å². The second kappa shape index (κ2) is 21.0. The molecule has 5 N–H and O–H groups in total. The Balaban J connectivity index is 0.000000485. The van der Waals surface area contributed by atoms with E-state index in [9.17, 15) is 9.59 Å². The Hall–Kier alpha value is -4.41. The van der Waals surface area contributed by atoms with Crippen molar-refractivity contribution in [1.82, 2.24) is 25.6 Å². The summed E-state index contributed by atoms with van der Waals surface area (Å²) >= 11 is 11.9. The van der Waals surface area contributed by atoms with E-state index in [0.717, 1.165) is 40.0 Å². The van der Waals surface area contributed by atoms with Crippen LogP contribution in [0.1, 0.15) is 73.0 Å². The first-order valence-electron chi connectivity index (χ1n) is 17.0. The number of H-pyrrole nitrogens is 1. The van der Waals surface area contributed by atoms with E-state index in [1.165, 1.54) is 11.1 Å². The van der Waals surface area contributed by atoms with Gasteiger partial charge < -0.3 is 19.9 Å². The minimum atomic E-state index is -0.254. The molecule has 3 heterocycles. The zero-order valence-corrected chi connectivity index (χ0v) is 30.9. The summed E-state index contributed by atoms with van der Waals surface area (Å²) < 4.78 is 5.93.